The summed E-state index contributed by atoms with van der Waals surface area (Å²) in [5.74, 6) is 0.959. The summed E-state index contributed by atoms with van der Waals surface area (Å²) >= 11 is 0. The van der Waals surface area contributed by atoms with Gasteiger partial charge >= 0.3 is 0 Å². The lowest BCUT2D eigenvalue weighted by Gasteiger charge is -2.24. The monoisotopic (exact) mass is 272 g/mol. The van der Waals surface area contributed by atoms with Gasteiger partial charge < -0.3 is 10.2 Å². The Morgan fingerprint density at radius 3 is 2.90 bits per heavy atom. The highest BCUT2D eigenvalue weighted by molar-refractivity contribution is 5.22. The number of rotatable bonds is 4. The van der Waals surface area contributed by atoms with Gasteiger partial charge in [0.15, 0.2) is 0 Å². The van der Waals surface area contributed by atoms with E-state index in [2.05, 4.69) is 48.5 Å². The van der Waals surface area contributed by atoms with E-state index in [4.69, 9.17) is 0 Å². The fourth-order valence-electron chi connectivity index (χ4n) is 4.14. The lowest BCUT2D eigenvalue weighted by atomic mass is 9.85. The Kier molecular flexibility index (Phi) is 4.42. The molecule has 110 valence electrons. The standard InChI is InChI=1S/C18H28N2/c1-14-6-5-7-15(10-14)12-20(2)13-17-11-16-8-3-4-9-18(16)19-17/h5-7,10,16-19H,3-4,8-9,11-13H2,1-2H3. The summed E-state index contributed by atoms with van der Waals surface area (Å²) in [4.78, 5) is 2.48. The summed E-state index contributed by atoms with van der Waals surface area (Å²) in [5.41, 5.74) is 2.80. The lowest BCUT2D eigenvalue weighted by molar-refractivity contribution is 0.288. The van der Waals surface area contributed by atoms with Gasteiger partial charge in [-0.3, -0.25) is 0 Å². The van der Waals surface area contributed by atoms with Gasteiger partial charge in [0.05, 0.1) is 0 Å². The van der Waals surface area contributed by atoms with Crippen molar-refractivity contribution >= 4 is 0 Å². The van der Waals surface area contributed by atoms with Crippen molar-refractivity contribution in [1.29, 1.82) is 0 Å². The molecule has 1 aliphatic heterocycles. The van der Waals surface area contributed by atoms with E-state index >= 15 is 0 Å². The van der Waals surface area contributed by atoms with Crippen molar-refractivity contribution in [2.24, 2.45) is 5.92 Å². The van der Waals surface area contributed by atoms with Crippen LogP contribution < -0.4 is 5.32 Å². The third kappa shape index (κ3) is 3.42. The molecule has 2 nitrogen and oxygen atoms in total. The van der Waals surface area contributed by atoms with Crippen LogP contribution in [0.1, 0.15) is 43.2 Å². The van der Waals surface area contributed by atoms with E-state index < -0.39 is 0 Å². The van der Waals surface area contributed by atoms with Gasteiger partial charge in [-0.1, -0.05) is 42.7 Å². The maximum Gasteiger partial charge on any atom is 0.0231 e. The zero-order valence-corrected chi connectivity index (χ0v) is 12.9. The summed E-state index contributed by atoms with van der Waals surface area (Å²) in [7, 11) is 2.26. The molecule has 0 aromatic heterocycles. The van der Waals surface area contributed by atoms with Gasteiger partial charge in [0.1, 0.15) is 0 Å². The van der Waals surface area contributed by atoms with Gasteiger partial charge in [0.25, 0.3) is 0 Å². The summed E-state index contributed by atoms with van der Waals surface area (Å²) in [6.07, 6.45) is 7.13. The number of hydrogen-bond acceptors (Lipinski definition) is 2. The molecule has 0 radical (unpaired) electrons. The molecule has 2 heteroatoms. The molecule has 3 rings (SSSR count). The van der Waals surface area contributed by atoms with E-state index in [1.807, 2.05) is 0 Å². The summed E-state index contributed by atoms with van der Waals surface area (Å²) < 4.78 is 0. The van der Waals surface area contributed by atoms with Crippen LogP contribution in [0.3, 0.4) is 0 Å². The van der Waals surface area contributed by atoms with Gasteiger partial charge in [0, 0.05) is 25.2 Å². The van der Waals surface area contributed by atoms with Crippen LogP contribution >= 0.6 is 0 Å². The van der Waals surface area contributed by atoms with E-state index in [9.17, 15) is 0 Å². The fourth-order valence-corrected chi connectivity index (χ4v) is 4.14. The molecular weight excluding hydrogens is 244 g/mol. The van der Waals surface area contributed by atoms with Crippen LogP contribution in [0.2, 0.25) is 0 Å². The Morgan fingerprint density at radius 2 is 2.10 bits per heavy atom. The molecule has 3 unspecified atom stereocenters. The van der Waals surface area contributed by atoms with Crippen molar-refractivity contribution in [3.05, 3.63) is 35.4 Å². The molecule has 2 aliphatic rings. The van der Waals surface area contributed by atoms with Gasteiger partial charge in [-0.25, -0.2) is 0 Å². The summed E-state index contributed by atoms with van der Waals surface area (Å²) in [5, 5.41) is 3.88. The predicted octanol–water partition coefficient (Wildman–Crippen LogP) is 3.35. The van der Waals surface area contributed by atoms with Crippen molar-refractivity contribution in [1.82, 2.24) is 10.2 Å². The minimum atomic E-state index is 0.706. The number of nitrogens with one attached hydrogen (secondary N) is 1. The zero-order chi connectivity index (χ0) is 13.9. The van der Waals surface area contributed by atoms with Crippen molar-refractivity contribution in [3.8, 4) is 0 Å². The second-order valence-corrected chi connectivity index (χ2v) is 6.94. The van der Waals surface area contributed by atoms with Crippen molar-refractivity contribution in [2.75, 3.05) is 13.6 Å². The number of likely N-dealkylation sites (N-methyl/N-ethyl adjacent to an activating group) is 1. The maximum absolute atomic E-state index is 3.88. The molecule has 1 aliphatic carbocycles. The number of fused-ring (bicyclic) bond motifs is 1. The molecule has 1 aromatic carbocycles. The molecule has 1 aromatic rings. The highest BCUT2D eigenvalue weighted by Gasteiger charge is 2.35. The van der Waals surface area contributed by atoms with E-state index in [1.54, 1.807) is 0 Å². The smallest absolute Gasteiger partial charge is 0.0231 e. The van der Waals surface area contributed by atoms with E-state index in [1.165, 1.54) is 49.8 Å². The highest BCUT2D eigenvalue weighted by atomic mass is 15.1. The number of aryl methyl sites for hydroxylation is 1. The molecule has 2 fully saturated rings. The topological polar surface area (TPSA) is 15.3 Å². The van der Waals surface area contributed by atoms with Crippen LogP contribution in [-0.4, -0.2) is 30.6 Å². The average molecular weight is 272 g/mol. The third-order valence-electron chi connectivity index (χ3n) is 5.01. The first-order valence-corrected chi connectivity index (χ1v) is 8.21. The van der Waals surface area contributed by atoms with Crippen molar-refractivity contribution < 1.29 is 0 Å². The molecule has 20 heavy (non-hydrogen) atoms. The Morgan fingerprint density at radius 1 is 1.25 bits per heavy atom. The SMILES string of the molecule is Cc1cccc(CN(C)CC2CC3CCCCC3N2)c1. The minimum Gasteiger partial charge on any atom is -0.310 e. The van der Waals surface area contributed by atoms with Crippen LogP contribution in [0.25, 0.3) is 0 Å². The first kappa shape index (κ1) is 14.1. The first-order valence-electron chi connectivity index (χ1n) is 8.21. The number of nitrogens with zero attached hydrogens (tertiary/aromatic N) is 1. The Hall–Kier alpha value is -0.860. The Bertz CT molecular complexity index is 429. The number of hydrogen-bond donors (Lipinski definition) is 1. The van der Waals surface area contributed by atoms with E-state index in [-0.39, 0.29) is 0 Å². The van der Waals surface area contributed by atoms with E-state index in [0.29, 0.717) is 6.04 Å². The zero-order valence-electron chi connectivity index (χ0n) is 12.9. The van der Waals surface area contributed by atoms with Crippen molar-refractivity contribution in [2.45, 2.75) is 57.7 Å². The van der Waals surface area contributed by atoms with E-state index in [0.717, 1.165) is 18.5 Å². The van der Waals surface area contributed by atoms with Crippen LogP contribution in [0.5, 0.6) is 0 Å². The molecular formula is C18H28N2. The summed E-state index contributed by atoms with van der Waals surface area (Å²) in [6, 6.07) is 10.4. The van der Waals surface area contributed by atoms with Gasteiger partial charge in [0.2, 0.25) is 0 Å². The van der Waals surface area contributed by atoms with Crippen LogP contribution in [0.4, 0.5) is 0 Å². The van der Waals surface area contributed by atoms with Crippen LogP contribution in [-0.2, 0) is 6.54 Å². The molecule has 1 saturated carbocycles. The Balaban J connectivity index is 1.50. The fraction of sp³-hybridized carbons (Fsp3) is 0.667. The molecule has 1 saturated heterocycles. The lowest BCUT2D eigenvalue weighted by Crippen LogP contribution is -2.39. The second kappa shape index (κ2) is 6.28. The van der Waals surface area contributed by atoms with Crippen molar-refractivity contribution in [3.63, 3.8) is 0 Å². The molecule has 1 N–H and O–H groups in total. The third-order valence-corrected chi connectivity index (χ3v) is 5.01. The predicted molar refractivity (Wildman–Crippen MR) is 84.8 cm³/mol. The largest absolute Gasteiger partial charge is 0.310 e. The molecule has 3 atom stereocenters. The minimum absolute atomic E-state index is 0.706. The quantitative estimate of drug-likeness (QED) is 0.904. The number of benzene rings is 1. The molecule has 0 spiro atoms. The summed E-state index contributed by atoms with van der Waals surface area (Å²) in [6.45, 7) is 4.42. The highest BCUT2D eigenvalue weighted by Crippen LogP contribution is 2.33. The average Bonchev–Trinajstić information content (AvgIpc) is 2.80. The molecule has 0 amide bonds. The maximum atomic E-state index is 3.88. The normalized spacial score (nSPS) is 29.6. The molecule has 0 bridgehead atoms. The van der Waals surface area contributed by atoms with Gasteiger partial charge in [-0.2, -0.15) is 0 Å². The Labute approximate surface area is 123 Å². The first-order chi connectivity index (χ1) is 9.70. The second-order valence-electron chi connectivity index (χ2n) is 6.94. The molecule has 1 heterocycles. The van der Waals surface area contributed by atoms with Gasteiger partial charge in [-0.15, -0.1) is 0 Å². The van der Waals surface area contributed by atoms with Crippen LogP contribution in [0, 0.1) is 12.8 Å². The van der Waals surface area contributed by atoms with Gasteiger partial charge in [-0.05, 0) is 44.7 Å². The van der Waals surface area contributed by atoms with Crippen LogP contribution in [0.15, 0.2) is 24.3 Å².